The first kappa shape index (κ1) is 9.23. The Balaban J connectivity index is 1.80. The number of hydrogen-bond donors (Lipinski definition) is 2. The topological polar surface area (TPSA) is 27.1 Å². The molecular weight excluding hydrogens is 198 g/mol. The van der Waals surface area contributed by atoms with Gasteiger partial charge in [0, 0.05) is 24.7 Å². The van der Waals surface area contributed by atoms with Gasteiger partial charge in [-0.3, -0.25) is 0 Å². The van der Waals surface area contributed by atoms with Crippen LogP contribution in [0.1, 0.15) is 19.3 Å². The van der Waals surface area contributed by atoms with Gasteiger partial charge in [0.2, 0.25) is 0 Å². The van der Waals surface area contributed by atoms with Crippen molar-refractivity contribution in [1.82, 2.24) is 10.6 Å². The van der Waals surface area contributed by atoms with Crippen molar-refractivity contribution in [1.29, 1.82) is 0 Å². The van der Waals surface area contributed by atoms with Crippen molar-refractivity contribution >= 4 is 5.71 Å². The van der Waals surface area contributed by atoms with E-state index in [0.29, 0.717) is 0 Å². The molecule has 86 valence electrons. The second kappa shape index (κ2) is 3.33. The molecule has 1 aliphatic carbocycles. The molecule has 0 spiro atoms. The van der Waals surface area contributed by atoms with Crippen LogP contribution in [0.2, 0.25) is 0 Å². The van der Waals surface area contributed by atoms with Gasteiger partial charge in [-0.05, 0) is 12.8 Å². The van der Waals surface area contributed by atoms with Crippen molar-refractivity contribution in [3.63, 3.8) is 0 Å². The standard InChI is InChI=1S/C13H19N3/c1-2-9-10-8-14-5-4-12(10)16-7-6-15-11(3-1)13(9)16/h4-5,9-11,13,15H,1-3,6-8H2/p+1. The molecule has 0 aromatic heterocycles. The van der Waals surface area contributed by atoms with Gasteiger partial charge in [0.05, 0.1) is 18.5 Å². The molecule has 3 heterocycles. The van der Waals surface area contributed by atoms with Gasteiger partial charge >= 0.3 is 0 Å². The highest BCUT2D eigenvalue weighted by Gasteiger charge is 2.54. The van der Waals surface area contributed by atoms with Crippen LogP contribution in [0.25, 0.3) is 0 Å². The first-order chi connectivity index (χ1) is 7.95. The van der Waals surface area contributed by atoms with Crippen LogP contribution in [-0.2, 0) is 0 Å². The van der Waals surface area contributed by atoms with Gasteiger partial charge in [0.15, 0.2) is 18.3 Å². The molecule has 0 amide bonds. The summed E-state index contributed by atoms with van der Waals surface area (Å²) in [5.41, 5.74) is 1.63. The van der Waals surface area contributed by atoms with Crippen LogP contribution in [0, 0.1) is 11.8 Å². The SMILES string of the molecule is C1=CC2=[N+]3CCNC4CCCC(C2CN1)C43. The van der Waals surface area contributed by atoms with Crippen molar-refractivity contribution in [2.24, 2.45) is 11.8 Å². The van der Waals surface area contributed by atoms with E-state index in [9.17, 15) is 0 Å². The smallest absolute Gasteiger partial charge is 0.183 e. The minimum Gasteiger partial charge on any atom is -0.390 e. The number of fused-ring (bicyclic) bond motifs is 2. The monoisotopic (exact) mass is 218 g/mol. The number of rotatable bonds is 0. The molecular formula is C13H20N3+. The van der Waals surface area contributed by atoms with Gasteiger partial charge in [0.1, 0.15) is 0 Å². The van der Waals surface area contributed by atoms with Crippen LogP contribution in [-0.4, -0.2) is 42.0 Å². The van der Waals surface area contributed by atoms with Crippen molar-refractivity contribution in [2.75, 3.05) is 19.6 Å². The van der Waals surface area contributed by atoms with Gasteiger partial charge in [0.25, 0.3) is 0 Å². The summed E-state index contributed by atoms with van der Waals surface area (Å²) in [7, 11) is 0. The molecule has 16 heavy (non-hydrogen) atoms. The minimum absolute atomic E-state index is 0.763. The molecule has 3 heteroatoms. The molecule has 1 saturated carbocycles. The number of allylic oxidation sites excluding steroid dienone is 1. The average molecular weight is 218 g/mol. The zero-order valence-electron chi connectivity index (χ0n) is 9.65. The molecule has 3 aliphatic heterocycles. The maximum Gasteiger partial charge on any atom is 0.183 e. The third-order valence-corrected chi connectivity index (χ3v) is 4.96. The highest BCUT2D eigenvalue weighted by molar-refractivity contribution is 5.95. The van der Waals surface area contributed by atoms with Gasteiger partial charge in [-0.1, -0.05) is 6.42 Å². The Kier molecular flexibility index (Phi) is 1.92. The summed E-state index contributed by atoms with van der Waals surface area (Å²) in [4.78, 5) is 0. The van der Waals surface area contributed by atoms with Crippen molar-refractivity contribution in [3.05, 3.63) is 12.3 Å². The number of nitrogens with zero attached hydrogens (tertiary/aromatic N) is 1. The summed E-state index contributed by atoms with van der Waals surface area (Å²) in [5.74, 6) is 1.69. The minimum atomic E-state index is 0.763. The predicted octanol–water partition coefficient (Wildman–Crippen LogP) is 0.327. The lowest BCUT2D eigenvalue weighted by Crippen LogP contribution is -2.56. The molecule has 1 saturated heterocycles. The zero-order chi connectivity index (χ0) is 10.5. The molecule has 0 bridgehead atoms. The predicted molar refractivity (Wildman–Crippen MR) is 63.7 cm³/mol. The molecule has 4 aliphatic rings. The summed E-state index contributed by atoms with van der Waals surface area (Å²) in [6, 6.07) is 1.56. The fourth-order valence-electron chi connectivity index (χ4n) is 4.39. The van der Waals surface area contributed by atoms with E-state index in [4.69, 9.17) is 0 Å². The summed E-state index contributed by atoms with van der Waals surface area (Å²) in [6.45, 7) is 3.55. The number of piperazine rings is 1. The van der Waals surface area contributed by atoms with E-state index in [1.54, 1.807) is 5.71 Å². The summed E-state index contributed by atoms with van der Waals surface area (Å²) < 4.78 is 2.72. The Morgan fingerprint density at radius 1 is 1.31 bits per heavy atom. The molecule has 2 N–H and O–H groups in total. The molecule has 0 radical (unpaired) electrons. The molecule has 3 nitrogen and oxygen atoms in total. The molecule has 4 unspecified atom stereocenters. The van der Waals surface area contributed by atoms with Gasteiger partial charge < -0.3 is 10.6 Å². The van der Waals surface area contributed by atoms with Crippen LogP contribution in [0.4, 0.5) is 0 Å². The second-order valence-corrected chi connectivity index (χ2v) is 5.61. The first-order valence-electron chi connectivity index (χ1n) is 6.72. The van der Waals surface area contributed by atoms with Crippen LogP contribution >= 0.6 is 0 Å². The Morgan fingerprint density at radius 3 is 3.31 bits per heavy atom. The summed E-state index contributed by atoms with van der Waals surface area (Å²) in [6.07, 6.45) is 8.70. The summed E-state index contributed by atoms with van der Waals surface area (Å²) >= 11 is 0. The van der Waals surface area contributed by atoms with Crippen molar-refractivity contribution in [3.8, 4) is 0 Å². The zero-order valence-corrected chi connectivity index (χ0v) is 9.65. The Bertz CT molecular complexity index is 369. The van der Waals surface area contributed by atoms with Crippen molar-refractivity contribution in [2.45, 2.75) is 31.3 Å². The largest absolute Gasteiger partial charge is 0.390 e. The molecule has 0 aromatic carbocycles. The second-order valence-electron chi connectivity index (χ2n) is 5.61. The third kappa shape index (κ3) is 1.10. The van der Waals surface area contributed by atoms with Crippen molar-refractivity contribution < 1.29 is 4.58 Å². The average Bonchev–Trinajstić information content (AvgIpc) is 2.68. The van der Waals surface area contributed by atoms with E-state index in [-0.39, 0.29) is 0 Å². The van der Waals surface area contributed by atoms with Gasteiger partial charge in [-0.2, -0.15) is 0 Å². The van der Waals surface area contributed by atoms with E-state index in [1.165, 1.54) is 32.4 Å². The third-order valence-electron chi connectivity index (χ3n) is 4.96. The van der Waals surface area contributed by atoms with Gasteiger partial charge in [-0.25, -0.2) is 4.58 Å². The lowest BCUT2D eigenvalue weighted by Gasteiger charge is -2.36. The fraction of sp³-hybridized carbons (Fsp3) is 0.769. The molecule has 0 aromatic rings. The Labute approximate surface area is 96.6 Å². The fourth-order valence-corrected chi connectivity index (χ4v) is 4.39. The molecule has 4 rings (SSSR count). The maximum atomic E-state index is 3.73. The molecule has 2 fully saturated rings. The van der Waals surface area contributed by atoms with Crippen LogP contribution in [0.3, 0.4) is 0 Å². The lowest BCUT2D eigenvalue weighted by molar-refractivity contribution is -0.577. The quantitative estimate of drug-likeness (QED) is 0.573. The summed E-state index contributed by atoms with van der Waals surface area (Å²) in [5, 5.41) is 7.15. The van der Waals surface area contributed by atoms with Crippen LogP contribution in [0.5, 0.6) is 0 Å². The first-order valence-corrected chi connectivity index (χ1v) is 6.72. The molecule has 4 atom stereocenters. The lowest BCUT2D eigenvalue weighted by atomic mass is 9.74. The van der Waals surface area contributed by atoms with E-state index < -0.39 is 0 Å². The highest BCUT2D eigenvalue weighted by atomic mass is 15.2. The number of hydrogen-bond acceptors (Lipinski definition) is 2. The Hall–Kier alpha value is -0.830. The highest BCUT2D eigenvalue weighted by Crippen LogP contribution is 2.39. The number of nitrogens with one attached hydrogen (secondary N) is 2. The van der Waals surface area contributed by atoms with E-state index in [1.807, 2.05) is 0 Å². The Morgan fingerprint density at radius 2 is 2.31 bits per heavy atom. The van der Waals surface area contributed by atoms with Gasteiger partial charge in [-0.15, -0.1) is 0 Å². The van der Waals surface area contributed by atoms with Crippen LogP contribution < -0.4 is 10.6 Å². The van der Waals surface area contributed by atoms with E-state index >= 15 is 0 Å². The van der Waals surface area contributed by atoms with E-state index in [0.717, 1.165) is 30.5 Å². The maximum absolute atomic E-state index is 3.73. The normalized spacial score (nSPS) is 45.0. The van der Waals surface area contributed by atoms with E-state index in [2.05, 4.69) is 27.5 Å². The van der Waals surface area contributed by atoms with Crippen LogP contribution in [0.15, 0.2) is 12.3 Å².